The van der Waals surface area contributed by atoms with Crippen LogP contribution in [0.25, 0.3) is 0 Å². The summed E-state index contributed by atoms with van der Waals surface area (Å²) in [4.78, 5) is 0. The van der Waals surface area contributed by atoms with Gasteiger partial charge in [0.05, 0.1) is 0 Å². The zero-order valence-corrected chi connectivity index (χ0v) is 15.1. The second-order valence-corrected chi connectivity index (χ2v) is 8.09. The highest BCUT2D eigenvalue weighted by atomic mass is 14.6. The van der Waals surface area contributed by atoms with Crippen molar-refractivity contribution in [1.29, 1.82) is 0 Å². The van der Waals surface area contributed by atoms with Crippen LogP contribution < -0.4 is 0 Å². The first kappa shape index (κ1) is 18.3. The number of hydrogen-bond donors (Lipinski definition) is 0. The molecule has 128 valence electrons. The molecule has 2 rings (SSSR count). The number of allylic oxidation sites excluding steroid dienone is 4. The van der Waals surface area contributed by atoms with Gasteiger partial charge in [-0.1, -0.05) is 24.3 Å². The van der Waals surface area contributed by atoms with Crippen LogP contribution in [0.1, 0.15) is 70.6 Å². The van der Waals surface area contributed by atoms with Crippen LogP contribution in [0, 0.1) is 22.7 Å². The van der Waals surface area contributed by atoms with Gasteiger partial charge in [-0.25, -0.2) is 0 Å². The minimum atomic E-state index is 0.446. The maximum absolute atomic E-state index is 4.11. The fraction of sp³-hybridized carbons (Fsp3) is 0.652. The summed E-state index contributed by atoms with van der Waals surface area (Å²) >= 11 is 0. The van der Waals surface area contributed by atoms with Gasteiger partial charge in [0.15, 0.2) is 0 Å². The maximum Gasteiger partial charge on any atom is -0.0203 e. The predicted molar refractivity (Wildman–Crippen MR) is 103 cm³/mol. The van der Waals surface area contributed by atoms with E-state index in [2.05, 4.69) is 50.6 Å². The standard InChI is InChI=1S/C23H36/c1-5-9-21-12-18-23(15-7-3,19-13-21)22(14-6-2)16-10-20(8-4)11-17-22/h5-8,20-21H,1-4,9-19H2. The third kappa shape index (κ3) is 3.73. The molecule has 0 aliphatic heterocycles. The van der Waals surface area contributed by atoms with Crippen LogP contribution in [-0.4, -0.2) is 0 Å². The molecule has 0 bridgehead atoms. The SMILES string of the molecule is C=CCC1CCC(CC=C)(C2(CC=C)CCC(C=C)CC2)CC1. The van der Waals surface area contributed by atoms with Crippen LogP contribution in [0.15, 0.2) is 50.6 Å². The summed E-state index contributed by atoms with van der Waals surface area (Å²) in [6, 6.07) is 0. The van der Waals surface area contributed by atoms with E-state index < -0.39 is 0 Å². The lowest BCUT2D eigenvalue weighted by molar-refractivity contribution is -0.0463. The molecule has 23 heavy (non-hydrogen) atoms. The van der Waals surface area contributed by atoms with Crippen molar-refractivity contribution in [3.8, 4) is 0 Å². The van der Waals surface area contributed by atoms with Gasteiger partial charge < -0.3 is 0 Å². The molecule has 0 heteroatoms. The van der Waals surface area contributed by atoms with Crippen LogP contribution in [0.5, 0.6) is 0 Å². The van der Waals surface area contributed by atoms with Crippen LogP contribution in [0.3, 0.4) is 0 Å². The van der Waals surface area contributed by atoms with Crippen LogP contribution in [0.2, 0.25) is 0 Å². The fourth-order valence-corrected chi connectivity index (χ4v) is 5.58. The molecule has 2 aliphatic rings. The Bertz CT molecular complexity index is 411. The summed E-state index contributed by atoms with van der Waals surface area (Å²) in [5.41, 5.74) is 0.897. The highest BCUT2D eigenvalue weighted by molar-refractivity contribution is 5.08. The van der Waals surface area contributed by atoms with Crippen molar-refractivity contribution in [1.82, 2.24) is 0 Å². The van der Waals surface area contributed by atoms with Gasteiger partial charge in [0.2, 0.25) is 0 Å². The molecule has 0 heterocycles. The summed E-state index contributed by atoms with van der Waals surface area (Å²) in [5, 5.41) is 0. The smallest absolute Gasteiger partial charge is 0.0203 e. The van der Waals surface area contributed by atoms with Gasteiger partial charge in [0, 0.05) is 0 Å². The molecular formula is C23H36. The third-order valence-electron chi connectivity index (χ3n) is 7.08. The van der Waals surface area contributed by atoms with Gasteiger partial charge >= 0.3 is 0 Å². The Balaban J connectivity index is 2.22. The molecule has 0 spiro atoms. The van der Waals surface area contributed by atoms with Crippen LogP contribution in [-0.2, 0) is 0 Å². The first-order valence-electron chi connectivity index (χ1n) is 9.60. The summed E-state index contributed by atoms with van der Waals surface area (Å²) < 4.78 is 0. The van der Waals surface area contributed by atoms with Crippen molar-refractivity contribution < 1.29 is 0 Å². The zero-order valence-electron chi connectivity index (χ0n) is 15.1. The summed E-state index contributed by atoms with van der Waals surface area (Å²) in [6.45, 7) is 16.2. The monoisotopic (exact) mass is 312 g/mol. The van der Waals surface area contributed by atoms with E-state index in [1.165, 1.54) is 70.6 Å². The number of hydrogen-bond acceptors (Lipinski definition) is 0. The quantitative estimate of drug-likeness (QED) is 0.414. The van der Waals surface area contributed by atoms with E-state index in [9.17, 15) is 0 Å². The lowest BCUT2D eigenvalue weighted by Crippen LogP contribution is -2.46. The lowest BCUT2D eigenvalue weighted by atomic mass is 9.48. The Morgan fingerprint density at radius 3 is 1.57 bits per heavy atom. The van der Waals surface area contributed by atoms with Crippen molar-refractivity contribution in [2.45, 2.75) is 70.6 Å². The highest BCUT2D eigenvalue weighted by Crippen LogP contribution is 2.62. The molecule has 0 nitrogen and oxygen atoms in total. The Kier molecular flexibility index (Phi) is 6.50. The van der Waals surface area contributed by atoms with Gasteiger partial charge in [0.25, 0.3) is 0 Å². The highest BCUT2D eigenvalue weighted by Gasteiger charge is 2.51. The Hall–Kier alpha value is -1.04. The van der Waals surface area contributed by atoms with E-state index in [4.69, 9.17) is 0 Å². The molecule has 0 radical (unpaired) electrons. The molecule has 0 atom stereocenters. The van der Waals surface area contributed by atoms with Crippen molar-refractivity contribution >= 4 is 0 Å². The molecule has 0 unspecified atom stereocenters. The van der Waals surface area contributed by atoms with Gasteiger partial charge in [-0.3, -0.25) is 0 Å². The van der Waals surface area contributed by atoms with Gasteiger partial charge in [-0.05, 0) is 93.3 Å². The van der Waals surface area contributed by atoms with Gasteiger partial charge in [-0.15, -0.1) is 26.3 Å². The molecule has 0 saturated heterocycles. The molecule has 0 aromatic rings. The molecule has 0 aromatic carbocycles. The Morgan fingerprint density at radius 2 is 1.17 bits per heavy atom. The molecule has 2 fully saturated rings. The molecule has 2 saturated carbocycles. The third-order valence-corrected chi connectivity index (χ3v) is 7.08. The maximum atomic E-state index is 4.11. The van der Waals surface area contributed by atoms with Crippen molar-refractivity contribution in [3.63, 3.8) is 0 Å². The summed E-state index contributed by atoms with van der Waals surface area (Å²) in [5.74, 6) is 1.58. The van der Waals surface area contributed by atoms with Crippen molar-refractivity contribution in [2.75, 3.05) is 0 Å². The van der Waals surface area contributed by atoms with Gasteiger partial charge in [0.1, 0.15) is 0 Å². The molecule has 0 amide bonds. The van der Waals surface area contributed by atoms with E-state index in [-0.39, 0.29) is 0 Å². The normalized spacial score (nSPS) is 37.7. The molecule has 0 N–H and O–H groups in total. The van der Waals surface area contributed by atoms with Crippen molar-refractivity contribution in [2.24, 2.45) is 22.7 Å². The second kappa shape index (κ2) is 8.18. The number of rotatable bonds is 8. The average molecular weight is 313 g/mol. The molecular weight excluding hydrogens is 276 g/mol. The van der Waals surface area contributed by atoms with Crippen LogP contribution in [0.4, 0.5) is 0 Å². The average Bonchev–Trinajstić information content (AvgIpc) is 2.58. The van der Waals surface area contributed by atoms with E-state index in [0.29, 0.717) is 10.8 Å². The minimum absolute atomic E-state index is 0.446. The summed E-state index contributed by atoms with van der Waals surface area (Å²) in [6.07, 6.45) is 23.0. The predicted octanol–water partition coefficient (Wildman–Crippen LogP) is 7.25. The van der Waals surface area contributed by atoms with Crippen molar-refractivity contribution in [3.05, 3.63) is 50.6 Å². The first-order chi connectivity index (χ1) is 11.1. The van der Waals surface area contributed by atoms with E-state index >= 15 is 0 Å². The first-order valence-corrected chi connectivity index (χ1v) is 9.60. The van der Waals surface area contributed by atoms with E-state index in [0.717, 1.165) is 11.8 Å². The van der Waals surface area contributed by atoms with E-state index in [1.54, 1.807) is 0 Å². The molecule has 0 aromatic heterocycles. The Morgan fingerprint density at radius 1 is 0.696 bits per heavy atom. The topological polar surface area (TPSA) is 0 Å². The zero-order chi connectivity index (χ0) is 16.8. The van der Waals surface area contributed by atoms with E-state index in [1.807, 2.05) is 0 Å². The fourth-order valence-electron chi connectivity index (χ4n) is 5.58. The van der Waals surface area contributed by atoms with Gasteiger partial charge in [-0.2, -0.15) is 0 Å². The Labute approximate surface area is 144 Å². The largest absolute Gasteiger partial charge is 0.103 e. The molecule has 2 aliphatic carbocycles. The lowest BCUT2D eigenvalue weighted by Gasteiger charge is -2.56. The summed E-state index contributed by atoms with van der Waals surface area (Å²) in [7, 11) is 0. The van der Waals surface area contributed by atoms with Crippen LogP contribution >= 0.6 is 0 Å². The second-order valence-electron chi connectivity index (χ2n) is 8.09. The minimum Gasteiger partial charge on any atom is -0.103 e.